The molecule has 2 aromatic rings. The normalized spacial score (nSPS) is 23.7. The summed E-state index contributed by atoms with van der Waals surface area (Å²) in [6, 6.07) is 20.0. The Kier molecular flexibility index (Phi) is 3.59. The lowest BCUT2D eigenvalue weighted by molar-refractivity contribution is 0.300. The minimum absolute atomic E-state index is 1.02. The number of nitrogens with zero attached hydrogens (tertiary/aromatic N) is 2. The van der Waals surface area contributed by atoms with Crippen LogP contribution in [0.4, 0.5) is 5.69 Å². The van der Waals surface area contributed by atoms with E-state index in [1.807, 2.05) is 0 Å². The van der Waals surface area contributed by atoms with Gasteiger partial charge >= 0.3 is 0 Å². The SMILES string of the molecule is CC[N@@+]1(Cc2ccccc2)C2=C(CN(C)CC2)c2ccccc21. The van der Waals surface area contributed by atoms with Crippen LogP contribution in [0.15, 0.2) is 60.3 Å². The lowest BCUT2D eigenvalue weighted by Crippen LogP contribution is -2.47. The molecule has 0 aliphatic carbocycles. The predicted molar refractivity (Wildman–Crippen MR) is 98.0 cm³/mol. The van der Waals surface area contributed by atoms with Gasteiger partial charge in [-0.3, -0.25) is 4.48 Å². The van der Waals surface area contributed by atoms with E-state index in [1.54, 1.807) is 11.3 Å². The van der Waals surface area contributed by atoms with E-state index in [-0.39, 0.29) is 0 Å². The van der Waals surface area contributed by atoms with E-state index in [0.29, 0.717) is 0 Å². The van der Waals surface area contributed by atoms with E-state index in [1.165, 1.54) is 29.8 Å². The molecule has 2 nitrogen and oxygen atoms in total. The average Bonchev–Trinajstić information content (AvgIpc) is 2.86. The molecule has 0 radical (unpaired) electrons. The fourth-order valence-electron chi connectivity index (χ4n) is 4.40. The van der Waals surface area contributed by atoms with Crippen LogP contribution in [-0.2, 0) is 6.54 Å². The summed E-state index contributed by atoms with van der Waals surface area (Å²) < 4.78 is 1.02. The molecule has 2 aliphatic rings. The van der Waals surface area contributed by atoms with Gasteiger partial charge in [-0.2, -0.15) is 0 Å². The number of likely N-dealkylation sites (N-methyl/N-ethyl adjacent to an activating group) is 1. The van der Waals surface area contributed by atoms with Crippen molar-refractivity contribution in [3.8, 4) is 0 Å². The van der Waals surface area contributed by atoms with Crippen LogP contribution in [0.1, 0.15) is 24.5 Å². The third kappa shape index (κ3) is 2.25. The number of quaternary nitrogens is 1. The van der Waals surface area contributed by atoms with Crippen molar-refractivity contribution < 1.29 is 0 Å². The molecule has 0 N–H and O–H groups in total. The molecule has 2 heterocycles. The van der Waals surface area contributed by atoms with Gasteiger partial charge in [-0.25, -0.2) is 0 Å². The van der Waals surface area contributed by atoms with Crippen LogP contribution in [0.25, 0.3) is 5.57 Å². The second kappa shape index (κ2) is 5.63. The van der Waals surface area contributed by atoms with E-state index in [0.717, 1.165) is 24.1 Å². The highest BCUT2D eigenvalue weighted by molar-refractivity contribution is 5.86. The zero-order valence-electron chi connectivity index (χ0n) is 14.1. The molecule has 2 heteroatoms. The molecule has 0 saturated heterocycles. The van der Waals surface area contributed by atoms with Crippen molar-refractivity contribution in [2.24, 2.45) is 0 Å². The molecular formula is C21H25N2+. The third-order valence-electron chi connectivity index (χ3n) is 5.55. The zero-order chi connectivity index (χ0) is 15.9. The molecule has 2 aliphatic heterocycles. The Hall–Kier alpha value is -1.90. The number of fused-ring (bicyclic) bond motifs is 2. The summed E-state index contributed by atoms with van der Waals surface area (Å²) in [5.41, 5.74) is 7.63. The summed E-state index contributed by atoms with van der Waals surface area (Å²) >= 11 is 0. The Labute approximate surface area is 139 Å². The molecule has 1 atom stereocenters. The Morgan fingerprint density at radius 2 is 1.74 bits per heavy atom. The van der Waals surface area contributed by atoms with E-state index < -0.39 is 0 Å². The third-order valence-corrected chi connectivity index (χ3v) is 5.55. The van der Waals surface area contributed by atoms with Crippen LogP contribution in [0.5, 0.6) is 0 Å². The monoisotopic (exact) mass is 305 g/mol. The molecule has 4 rings (SSSR count). The van der Waals surface area contributed by atoms with Gasteiger partial charge in [0.1, 0.15) is 17.9 Å². The topological polar surface area (TPSA) is 3.24 Å². The fraction of sp³-hybridized carbons (Fsp3) is 0.333. The van der Waals surface area contributed by atoms with Crippen molar-refractivity contribution in [1.82, 2.24) is 9.38 Å². The van der Waals surface area contributed by atoms with Crippen molar-refractivity contribution in [1.29, 1.82) is 0 Å². The fourth-order valence-corrected chi connectivity index (χ4v) is 4.40. The van der Waals surface area contributed by atoms with E-state index >= 15 is 0 Å². The molecular weight excluding hydrogens is 280 g/mol. The van der Waals surface area contributed by atoms with E-state index in [9.17, 15) is 0 Å². The maximum absolute atomic E-state index is 2.45. The Balaban J connectivity index is 1.87. The van der Waals surface area contributed by atoms with Gasteiger partial charge in [-0.05, 0) is 20.0 Å². The minimum atomic E-state index is 1.02. The van der Waals surface area contributed by atoms with Crippen molar-refractivity contribution in [3.05, 3.63) is 71.4 Å². The number of benzene rings is 2. The van der Waals surface area contributed by atoms with Crippen LogP contribution >= 0.6 is 0 Å². The Morgan fingerprint density at radius 1 is 1.00 bits per heavy atom. The highest BCUT2D eigenvalue weighted by Crippen LogP contribution is 2.49. The highest BCUT2D eigenvalue weighted by Gasteiger charge is 2.45. The van der Waals surface area contributed by atoms with Gasteiger partial charge in [0.2, 0.25) is 0 Å². The van der Waals surface area contributed by atoms with Gasteiger partial charge in [0.25, 0.3) is 0 Å². The molecule has 0 saturated carbocycles. The number of hydrogen-bond donors (Lipinski definition) is 0. The number of rotatable bonds is 3. The lowest BCUT2D eigenvalue weighted by atomic mass is 10.0. The first-order chi connectivity index (χ1) is 11.2. The molecule has 23 heavy (non-hydrogen) atoms. The van der Waals surface area contributed by atoms with Gasteiger partial charge < -0.3 is 4.90 Å². The highest BCUT2D eigenvalue weighted by atomic mass is 15.4. The largest absolute Gasteiger partial charge is 0.301 e. The van der Waals surface area contributed by atoms with Crippen LogP contribution in [0, 0.1) is 0 Å². The zero-order valence-corrected chi connectivity index (χ0v) is 14.1. The smallest absolute Gasteiger partial charge is 0.145 e. The first-order valence-corrected chi connectivity index (χ1v) is 8.67. The second-order valence-electron chi connectivity index (χ2n) is 6.86. The quantitative estimate of drug-likeness (QED) is 0.765. The summed E-state index contributed by atoms with van der Waals surface area (Å²) in [5.74, 6) is 0. The first-order valence-electron chi connectivity index (χ1n) is 8.67. The van der Waals surface area contributed by atoms with Gasteiger partial charge in [0, 0.05) is 42.3 Å². The van der Waals surface area contributed by atoms with Gasteiger partial charge in [0.15, 0.2) is 0 Å². The van der Waals surface area contributed by atoms with Gasteiger partial charge in [0.05, 0.1) is 6.54 Å². The second-order valence-corrected chi connectivity index (χ2v) is 6.86. The maximum Gasteiger partial charge on any atom is 0.145 e. The van der Waals surface area contributed by atoms with Crippen LogP contribution in [-0.4, -0.2) is 31.6 Å². The van der Waals surface area contributed by atoms with Crippen molar-refractivity contribution in [3.63, 3.8) is 0 Å². The van der Waals surface area contributed by atoms with Gasteiger partial charge in [-0.15, -0.1) is 0 Å². The summed E-state index contributed by atoms with van der Waals surface area (Å²) in [6.45, 7) is 6.78. The molecule has 2 aromatic carbocycles. The molecule has 0 fully saturated rings. The predicted octanol–water partition coefficient (Wildman–Crippen LogP) is 4.27. The molecule has 0 bridgehead atoms. The molecule has 0 amide bonds. The first kappa shape index (κ1) is 14.7. The van der Waals surface area contributed by atoms with E-state index in [2.05, 4.69) is 73.5 Å². The maximum atomic E-state index is 2.45. The molecule has 118 valence electrons. The van der Waals surface area contributed by atoms with Crippen molar-refractivity contribution in [2.75, 3.05) is 26.7 Å². The summed E-state index contributed by atoms with van der Waals surface area (Å²) in [6.07, 6.45) is 1.18. The minimum Gasteiger partial charge on any atom is -0.301 e. The summed E-state index contributed by atoms with van der Waals surface area (Å²) in [5, 5.41) is 0. The molecule has 0 aromatic heterocycles. The van der Waals surface area contributed by atoms with Gasteiger partial charge in [-0.1, -0.05) is 42.5 Å². The molecule has 0 unspecified atom stereocenters. The molecule has 0 spiro atoms. The number of para-hydroxylation sites is 1. The summed E-state index contributed by atoms with van der Waals surface area (Å²) in [7, 11) is 2.24. The van der Waals surface area contributed by atoms with Crippen LogP contribution < -0.4 is 4.48 Å². The van der Waals surface area contributed by atoms with E-state index in [4.69, 9.17) is 0 Å². The lowest BCUT2D eigenvalue weighted by Gasteiger charge is -2.38. The van der Waals surface area contributed by atoms with Crippen LogP contribution in [0.2, 0.25) is 0 Å². The Bertz CT molecular complexity index is 747. The van der Waals surface area contributed by atoms with Crippen molar-refractivity contribution in [2.45, 2.75) is 19.9 Å². The van der Waals surface area contributed by atoms with Crippen LogP contribution in [0.3, 0.4) is 0 Å². The Morgan fingerprint density at radius 3 is 2.52 bits per heavy atom. The van der Waals surface area contributed by atoms with Crippen molar-refractivity contribution >= 4 is 11.3 Å². The summed E-state index contributed by atoms with van der Waals surface area (Å²) in [4.78, 5) is 2.45. The average molecular weight is 305 g/mol. The number of hydrogen-bond acceptors (Lipinski definition) is 1. The standard InChI is InChI=1S/C21H25N2/c1-3-23(16-17-9-5-4-6-10-17)20-12-8-7-11-18(20)19-15-22(2)14-13-21(19)23/h4-12H,3,13-16H2,1-2H3/q+1/t23-/m0/s1.